The van der Waals surface area contributed by atoms with Crippen molar-refractivity contribution in [1.29, 1.82) is 0 Å². The predicted molar refractivity (Wildman–Crippen MR) is 86.9 cm³/mol. The fraction of sp³-hybridized carbons (Fsp3) is 0.444. The van der Waals surface area contributed by atoms with Crippen molar-refractivity contribution in [2.75, 3.05) is 26.3 Å². The Morgan fingerprint density at radius 2 is 1.79 bits per heavy atom. The number of amides is 1. The number of likely N-dealkylation sites (tertiary alicyclic amines) is 1. The Hall–Kier alpha value is -2.18. The molecule has 0 bridgehead atoms. The van der Waals surface area contributed by atoms with E-state index < -0.39 is 11.4 Å². The highest BCUT2D eigenvalue weighted by atomic mass is 16.7. The number of benzene rings is 1. The van der Waals surface area contributed by atoms with E-state index >= 15 is 0 Å². The zero-order valence-corrected chi connectivity index (χ0v) is 13.3. The molecule has 1 spiro atoms. The van der Waals surface area contributed by atoms with Crippen molar-refractivity contribution in [2.24, 2.45) is 0 Å². The molecule has 0 radical (unpaired) electrons. The largest absolute Gasteiger partial charge is 0.422 e. The van der Waals surface area contributed by atoms with Crippen molar-refractivity contribution < 1.29 is 18.7 Å². The topological polar surface area (TPSA) is 69.0 Å². The molecule has 24 heavy (non-hydrogen) atoms. The van der Waals surface area contributed by atoms with Gasteiger partial charge in [-0.3, -0.25) is 4.79 Å². The quantitative estimate of drug-likeness (QED) is 0.750. The second kappa shape index (κ2) is 6.03. The van der Waals surface area contributed by atoms with E-state index in [4.69, 9.17) is 13.9 Å². The number of para-hydroxylation sites is 1. The van der Waals surface area contributed by atoms with Crippen LogP contribution < -0.4 is 5.63 Å². The first-order valence-electron chi connectivity index (χ1n) is 8.27. The molecule has 1 aromatic carbocycles. The van der Waals surface area contributed by atoms with Gasteiger partial charge < -0.3 is 18.8 Å². The molecule has 2 aromatic rings. The van der Waals surface area contributed by atoms with E-state index in [1.54, 1.807) is 23.1 Å². The van der Waals surface area contributed by atoms with E-state index in [1.165, 1.54) is 0 Å². The van der Waals surface area contributed by atoms with Crippen LogP contribution in [0.4, 0.5) is 0 Å². The lowest BCUT2D eigenvalue weighted by Crippen LogP contribution is -2.51. The minimum absolute atomic E-state index is 0.0788. The van der Waals surface area contributed by atoms with Crippen LogP contribution in [-0.2, 0) is 9.47 Å². The molecule has 126 valence electrons. The van der Waals surface area contributed by atoms with Gasteiger partial charge in [-0.25, -0.2) is 4.79 Å². The number of carbonyl (C=O) groups excluding carboxylic acids is 1. The zero-order chi connectivity index (χ0) is 16.6. The van der Waals surface area contributed by atoms with Crippen LogP contribution in [0.1, 0.15) is 29.6 Å². The van der Waals surface area contributed by atoms with Crippen LogP contribution in [0.25, 0.3) is 11.0 Å². The number of ether oxygens (including phenoxy) is 2. The lowest BCUT2D eigenvalue weighted by molar-refractivity contribution is -0.281. The van der Waals surface area contributed by atoms with Gasteiger partial charge in [0.2, 0.25) is 0 Å². The zero-order valence-electron chi connectivity index (χ0n) is 13.3. The van der Waals surface area contributed by atoms with Gasteiger partial charge in [0.05, 0.1) is 13.2 Å². The maximum Gasteiger partial charge on any atom is 0.349 e. The van der Waals surface area contributed by atoms with E-state index in [0.29, 0.717) is 44.7 Å². The molecule has 0 aliphatic carbocycles. The van der Waals surface area contributed by atoms with Gasteiger partial charge in [0.25, 0.3) is 5.91 Å². The third-order valence-electron chi connectivity index (χ3n) is 4.70. The summed E-state index contributed by atoms with van der Waals surface area (Å²) in [6.07, 6.45) is 2.15. The van der Waals surface area contributed by atoms with Crippen molar-refractivity contribution in [2.45, 2.75) is 25.0 Å². The molecule has 6 heteroatoms. The molecule has 6 nitrogen and oxygen atoms in total. The third-order valence-corrected chi connectivity index (χ3v) is 4.70. The van der Waals surface area contributed by atoms with Gasteiger partial charge in [-0.1, -0.05) is 18.2 Å². The molecule has 1 aromatic heterocycles. The normalized spacial score (nSPS) is 20.4. The highest BCUT2D eigenvalue weighted by Gasteiger charge is 2.39. The Balaban J connectivity index is 1.54. The summed E-state index contributed by atoms with van der Waals surface area (Å²) in [5, 5.41) is 0.743. The van der Waals surface area contributed by atoms with Crippen LogP contribution >= 0.6 is 0 Å². The molecule has 2 saturated heterocycles. The van der Waals surface area contributed by atoms with Crippen LogP contribution in [0.2, 0.25) is 0 Å². The molecule has 2 fully saturated rings. The van der Waals surface area contributed by atoms with E-state index in [2.05, 4.69) is 0 Å². The summed E-state index contributed by atoms with van der Waals surface area (Å²) in [6.45, 7) is 2.40. The molecule has 0 atom stereocenters. The van der Waals surface area contributed by atoms with Gasteiger partial charge in [0, 0.05) is 31.3 Å². The molecule has 3 heterocycles. The summed E-state index contributed by atoms with van der Waals surface area (Å²) >= 11 is 0. The average Bonchev–Trinajstić information content (AvgIpc) is 2.62. The van der Waals surface area contributed by atoms with Crippen LogP contribution in [0.15, 0.2) is 39.5 Å². The summed E-state index contributed by atoms with van der Waals surface area (Å²) in [7, 11) is 0. The summed E-state index contributed by atoms with van der Waals surface area (Å²) in [4.78, 5) is 26.5. The minimum Gasteiger partial charge on any atom is -0.422 e. The Labute approximate surface area is 139 Å². The minimum atomic E-state index is -0.593. The lowest BCUT2D eigenvalue weighted by Gasteiger charge is -2.43. The number of fused-ring (bicyclic) bond motifs is 1. The highest BCUT2D eigenvalue weighted by molar-refractivity contribution is 5.96. The Morgan fingerprint density at radius 1 is 1.08 bits per heavy atom. The van der Waals surface area contributed by atoms with Gasteiger partial charge >= 0.3 is 5.63 Å². The van der Waals surface area contributed by atoms with Crippen LogP contribution in [0.3, 0.4) is 0 Å². The summed E-state index contributed by atoms with van der Waals surface area (Å²) < 4.78 is 16.8. The third kappa shape index (κ3) is 2.72. The molecular weight excluding hydrogens is 310 g/mol. The molecule has 0 N–H and O–H groups in total. The Bertz CT molecular complexity index is 812. The molecule has 4 rings (SSSR count). The Morgan fingerprint density at radius 3 is 2.54 bits per heavy atom. The van der Waals surface area contributed by atoms with Crippen molar-refractivity contribution in [3.05, 3.63) is 46.3 Å². The maximum atomic E-state index is 12.7. The molecule has 0 unspecified atom stereocenters. The SMILES string of the molecule is O=C(c1cc2ccccc2oc1=O)N1CCC2(CC1)OCCCO2. The maximum absolute atomic E-state index is 12.7. The standard InChI is InChI=1S/C18H19NO5/c20-16(14-12-13-4-1-2-5-15(13)24-17(14)21)19-8-6-18(7-9-19)22-10-3-11-23-18/h1-2,4-5,12H,3,6-11H2. The second-order valence-corrected chi connectivity index (χ2v) is 6.24. The van der Waals surface area contributed by atoms with E-state index in [9.17, 15) is 9.59 Å². The average molecular weight is 329 g/mol. The van der Waals surface area contributed by atoms with Crippen LogP contribution in [0.5, 0.6) is 0 Å². The second-order valence-electron chi connectivity index (χ2n) is 6.24. The smallest absolute Gasteiger partial charge is 0.349 e. The number of rotatable bonds is 1. The summed E-state index contributed by atoms with van der Waals surface area (Å²) in [6, 6.07) is 8.79. The first-order chi connectivity index (χ1) is 11.7. The van der Waals surface area contributed by atoms with Gasteiger partial charge in [0.15, 0.2) is 5.79 Å². The summed E-state index contributed by atoms with van der Waals surface area (Å²) in [5.41, 5.74) is -0.0278. The fourth-order valence-corrected chi connectivity index (χ4v) is 3.34. The van der Waals surface area contributed by atoms with Gasteiger partial charge in [-0.2, -0.15) is 0 Å². The summed E-state index contributed by atoms with van der Waals surface area (Å²) in [5.74, 6) is -0.844. The van der Waals surface area contributed by atoms with E-state index in [1.807, 2.05) is 12.1 Å². The number of hydrogen-bond acceptors (Lipinski definition) is 5. The van der Waals surface area contributed by atoms with Crippen molar-refractivity contribution in [3.8, 4) is 0 Å². The van der Waals surface area contributed by atoms with Gasteiger partial charge in [-0.05, 0) is 18.6 Å². The first kappa shape index (κ1) is 15.4. The lowest BCUT2D eigenvalue weighted by atomic mass is 10.0. The molecule has 2 aliphatic rings. The Kier molecular flexibility index (Phi) is 3.86. The number of nitrogens with zero attached hydrogens (tertiary/aromatic N) is 1. The number of hydrogen-bond donors (Lipinski definition) is 0. The van der Waals surface area contributed by atoms with Crippen LogP contribution in [0, 0.1) is 0 Å². The number of carbonyl (C=O) groups is 1. The molecule has 2 aliphatic heterocycles. The monoisotopic (exact) mass is 329 g/mol. The van der Waals surface area contributed by atoms with Gasteiger partial charge in [0.1, 0.15) is 11.1 Å². The van der Waals surface area contributed by atoms with Crippen molar-refractivity contribution >= 4 is 16.9 Å². The molecule has 0 saturated carbocycles. The first-order valence-corrected chi connectivity index (χ1v) is 8.27. The van der Waals surface area contributed by atoms with Crippen LogP contribution in [-0.4, -0.2) is 42.9 Å². The fourth-order valence-electron chi connectivity index (χ4n) is 3.34. The highest BCUT2D eigenvalue weighted by Crippen LogP contribution is 2.31. The van der Waals surface area contributed by atoms with E-state index in [-0.39, 0.29) is 11.5 Å². The molecular formula is C18H19NO5. The van der Waals surface area contributed by atoms with Crippen molar-refractivity contribution in [3.63, 3.8) is 0 Å². The van der Waals surface area contributed by atoms with Crippen molar-refractivity contribution in [1.82, 2.24) is 4.90 Å². The molecule has 1 amide bonds. The van der Waals surface area contributed by atoms with Gasteiger partial charge in [-0.15, -0.1) is 0 Å². The number of piperidine rings is 1. The predicted octanol–water partition coefficient (Wildman–Crippen LogP) is 2.16. The van der Waals surface area contributed by atoms with E-state index in [0.717, 1.165) is 11.8 Å².